The lowest BCUT2D eigenvalue weighted by atomic mass is 10.1. The minimum atomic E-state index is -0.226. The van der Waals surface area contributed by atoms with Gasteiger partial charge >= 0.3 is 5.84 Å². The van der Waals surface area contributed by atoms with Crippen LogP contribution in [-0.4, -0.2) is 45.5 Å². The number of benzene rings is 3. The number of likely N-dealkylation sites (N-methyl/N-ethyl adjacent to an activating group) is 1. The first kappa shape index (κ1) is 26.0. The molecule has 0 aliphatic rings. The van der Waals surface area contributed by atoms with E-state index in [1.165, 1.54) is 0 Å². The zero-order valence-corrected chi connectivity index (χ0v) is 22.4. The second kappa shape index (κ2) is 11.8. The van der Waals surface area contributed by atoms with Crippen molar-refractivity contribution in [1.82, 2.24) is 24.8 Å². The summed E-state index contributed by atoms with van der Waals surface area (Å²) < 4.78 is 7.59. The maximum absolute atomic E-state index is 13.5. The fourth-order valence-corrected chi connectivity index (χ4v) is 4.66. The van der Waals surface area contributed by atoms with E-state index in [1.54, 1.807) is 22.5 Å². The van der Waals surface area contributed by atoms with Crippen LogP contribution in [0.5, 0.6) is 0 Å². The fraction of sp³-hybridized carbons (Fsp3) is 0.207. The maximum Gasteiger partial charge on any atom is 0.325 e. The van der Waals surface area contributed by atoms with Crippen LogP contribution in [0.4, 0.5) is 0 Å². The lowest BCUT2D eigenvalue weighted by molar-refractivity contribution is 0.0765. The predicted molar refractivity (Wildman–Crippen MR) is 150 cm³/mol. The van der Waals surface area contributed by atoms with E-state index >= 15 is 0 Å². The first-order chi connectivity index (χ1) is 18.5. The van der Waals surface area contributed by atoms with Gasteiger partial charge in [0.2, 0.25) is 5.76 Å². The number of hydrogen-bond donors (Lipinski definition) is 1. The van der Waals surface area contributed by atoms with Crippen LogP contribution in [0.3, 0.4) is 0 Å². The van der Waals surface area contributed by atoms with Crippen LogP contribution >= 0.6 is 23.2 Å². The van der Waals surface area contributed by atoms with Crippen molar-refractivity contribution >= 4 is 35.0 Å². The molecule has 38 heavy (non-hydrogen) atoms. The van der Waals surface area contributed by atoms with Gasteiger partial charge in [-0.3, -0.25) is 4.79 Å². The molecule has 5 aromatic rings. The van der Waals surface area contributed by atoms with Crippen molar-refractivity contribution in [2.45, 2.75) is 19.4 Å². The summed E-state index contributed by atoms with van der Waals surface area (Å²) in [6.45, 7) is 1.56. The molecule has 0 atom stereocenters. The molecule has 194 valence electrons. The molecule has 0 aliphatic carbocycles. The summed E-state index contributed by atoms with van der Waals surface area (Å²) in [5.74, 6) is 0.660. The third kappa shape index (κ3) is 5.75. The van der Waals surface area contributed by atoms with E-state index in [-0.39, 0.29) is 17.5 Å². The van der Waals surface area contributed by atoms with Crippen LogP contribution in [0, 0.1) is 0 Å². The van der Waals surface area contributed by atoms with Crippen molar-refractivity contribution in [3.63, 3.8) is 0 Å². The highest BCUT2D eigenvalue weighted by Gasteiger charge is 2.26. The van der Waals surface area contributed by atoms with Crippen molar-refractivity contribution in [2.75, 3.05) is 20.1 Å². The Hall–Kier alpha value is -3.65. The molecule has 0 saturated heterocycles. The van der Waals surface area contributed by atoms with E-state index in [2.05, 4.69) is 15.4 Å². The SMILES string of the molecule is CN(CCc1ccccc1)C(=O)c1oc2nc(-c3ccccc3Cl)nn2c1CNCCc1ccccc1Cl. The Morgan fingerprint density at radius 1 is 0.947 bits per heavy atom. The summed E-state index contributed by atoms with van der Waals surface area (Å²) in [7, 11) is 1.77. The second-order valence-electron chi connectivity index (χ2n) is 8.97. The number of oxazole rings is 1. The highest BCUT2D eigenvalue weighted by molar-refractivity contribution is 6.33. The number of rotatable bonds is 10. The number of nitrogens with one attached hydrogen (secondary N) is 1. The van der Waals surface area contributed by atoms with Gasteiger partial charge in [0.05, 0.1) is 5.02 Å². The zero-order valence-electron chi connectivity index (χ0n) is 20.9. The van der Waals surface area contributed by atoms with Crippen LogP contribution < -0.4 is 5.32 Å². The molecule has 5 rings (SSSR count). The van der Waals surface area contributed by atoms with Gasteiger partial charge in [-0.1, -0.05) is 83.9 Å². The molecule has 9 heteroatoms. The molecule has 2 aromatic heterocycles. The quantitative estimate of drug-likeness (QED) is 0.219. The molecule has 1 N–H and O–H groups in total. The highest BCUT2D eigenvalue weighted by atomic mass is 35.5. The number of carbonyl (C=O) groups excluding carboxylic acids is 1. The van der Waals surface area contributed by atoms with E-state index < -0.39 is 0 Å². The van der Waals surface area contributed by atoms with Gasteiger partial charge in [0, 0.05) is 30.7 Å². The smallest absolute Gasteiger partial charge is 0.325 e. The molecule has 0 aliphatic heterocycles. The predicted octanol–water partition coefficient (Wildman–Crippen LogP) is 5.94. The molecule has 2 heterocycles. The fourth-order valence-electron chi connectivity index (χ4n) is 4.21. The molecule has 0 saturated carbocycles. The Labute approximate surface area is 231 Å². The molecular weight excluding hydrogens is 521 g/mol. The van der Waals surface area contributed by atoms with Crippen LogP contribution in [0.2, 0.25) is 10.0 Å². The minimum Gasteiger partial charge on any atom is -0.416 e. The number of halogens is 2. The number of fused-ring (bicyclic) bond motifs is 1. The summed E-state index contributed by atoms with van der Waals surface area (Å²) in [6, 6.07) is 25.2. The van der Waals surface area contributed by atoms with Gasteiger partial charge in [0.1, 0.15) is 5.69 Å². The van der Waals surface area contributed by atoms with Crippen molar-refractivity contribution in [2.24, 2.45) is 0 Å². The van der Waals surface area contributed by atoms with Gasteiger partial charge in [0.15, 0.2) is 5.82 Å². The number of amides is 1. The van der Waals surface area contributed by atoms with Crippen molar-refractivity contribution in [1.29, 1.82) is 0 Å². The Morgan fingerprint density at radius 3 is 2.42 bits per heavy atom. The minimum absolute atomic E-state index is 0.214. The summed E-state index contributed by atoms with van der Waals surface area (Å²) >= 11 is 12.7. The van der Waals surface area contributed by atoms with E-state index in [0.717, 1.165) is 29.0 Å². The molecule has 7 nitrogen and oxygen atoms in total. The van der Waals surface area contributed by atoms with E-state index in [4.69, 9.17) is 27.6 Å². The Kier molecular flexibility index (Phi) is 8.08. The lowest BCUT2D eigenvalue weighted by Gasteiger charge is -2.16. The Bertz CT molecular complexity index is 1550. The molecule has 0 radical (unpaired) electrons. The molecular formula is C29H27Cl2N5O2. The van der Waals surface area contributed by atoms with Crippen LogP contribution in [0.25, 0.3) is 17.2 Å². The molecule has 0 spiro atoms. The van der Waals surface area contributed by atoms with Crippen LogP contribution in [0.15, 0.2) is 83.3 Å². The molecule has 1 amide bonds. The van der Waals surface area contributed by atoms with Gasteiger partial charge < -0.3 is 14.6 Å². The highest BCUT2D eigenvalue weighted by Crippen LogP contribution is 2.27. The largest absolute Gasteiger partial charge is 0.416 e. The first-order valence-corrected chi connectivity index (χ1v) is 13.1. The summed E-state index contributed by atoms with van der Waals surface area (Å²) in [5, 5.41) is 9.32. The van der Waals surface area contributed by atoms with Crippen molar-refractivity contribution in [3.05, 3.63) is 111 Å². The van der Waals surface area contributed by atoms with E-state index in [0.29, 0.717) is 41.7 Å². The molecule has 0 fully saturated rings. The topological polar surface area (TPSA) is 75.7 Å². The zero-order chi connectivity index (χ0) is 26.5. The maximum atomic E-state index is 13.5. The third-order valence-corrected chi connectivity index (χ3v) is 7.04. The van der Waals surface area contributed by atoms with Crippen molar-refractivity contribution in [3.8, 4) is 11.4 Å². The van der Waals surface area contributed by atoms with Gasteiger partial charge in [-0.15, -0.1) is 5.10 Å². The first-order valence-electron chi connectivity index (χ1n) is 12.4. The third-order valence-electron chi connectivity index (χ3n) is 6.34. The standard InChI is InChI=1S/C29H27Cl2N5O2/c1-35(18-16-20-9-3-2-4-10-20)28(37)26-25(19-32-17-15-21-11-5-7-13-23(21)30)36-29(38-26)33-27(34-36)22-12-6-8-14-24(22)31/h2-14,32H,15-19H2,1H3. The summed E-state index contributed by atoms with van der Waals surface area (Å²) in [5.41, 5.74) is 3.51. The van der Waals surface area contributed by atoms with E-state index in [9.17, 15) is 4.79 Å². The second-order valence-corrected chi connectivity index (χ2v) is 9.78. The average molecular weight is 548 g/mol. The number of hydrogen-bond acceptors (Lipinski definition) is 5. The number of aromatic nitrogens is 3. The van der Waals surface area contributed by atoms with E-state index in [1.807, 2.05) is 72.8 Å². The lowest BCUT2D eigenvalue weighted by Crippen LogP contribution is -2.30. The van der Waals surface area contributed by atoms with Gasteiger partial charge in [0.25, 0.3) is 5.91 Å². The number of nitrogens with zero attached hydrogens (tertiary/aromatic N) is 4. The van der Waals surface area contributed by atoms with Gasteiger partial charge in [-0.25, -0.2) is 0 Å². The molecule has 3 aromatic carbocycles. The monoisotopic (exact) mass is 547 g/mol. The Morgan fingerprint density at radius 2 is 1.66 bits per heavy atom. The van der Waals surface area contributed by atoms with Crippen LogP contribution in [0.1, 0.15) is 27.4 Å². The summed E-state index contributed by atoms with van der Waals surface area (Å²) in [4.78, 5) is 19.7. The summed E-state index contributed by atoms with van der Waals surface area (Å²) in [6.07, 6.45) is 1.48. The average Bonchev–Trinajstić information content (AvgIpc) is 3.49. The molecule has 0 unspecified atom stereocenters. The van der Waals surface area contributed by atoms with Gasteiger partial charge in [-0.05, 0) is 48.7 Å². The van der Waals surface area contributed by atoms with Crippen LogP contribution in [-0.2, 0) is 19.4 Å². The Balaban J connectivity index is 1.38. The van der Waals surface area contributed by atoms with Crippen molar-refractivity contribution < 1.29 is 9.21 Å². The molecule has 0 bridgehead atoms. The van der Waals surface area contributed by atoms with Gasteiger partial charge in [-0.2, -0.15) is 9.50 Å². The number of carbonyl (C=O) groups is 1. The normalized spacial score (nSPS) is 11.2.